The average molecular weight is 497 g/mol. The first-order valence-corrected chi connectivity index (χ1v) is 12.6. The molecule has 0 radical (unpaired) electrons. The fourth-order valence-electron chi connectivity index (χ4n) is 4.01. The summed E-state index contributed by atoms with van der Waals surface area (Å²) < 4.78 is 45.0. The summed E-state index contributed by atoms with van der Waals surface area (Å²) in [5.74, 6) is 1.10. The van der Waals surface area contributed by atoms with Crippen LogP contribution in [0.5, 0.6) is 17.2 Å². The Balaban J connectivity index is 1.64. The Bertz CT molecular complexity index is 1320. The van der Waals surface area contributed by atoms with Gasteiger partial charge in [0.05, 0.1) is 37.4 Å². The zero-order valence-electron chi connectivity index (χ0n) is 20.0. The molecule has 0 aromatic heterocycles. The number of ether oxygens (including phenoxy) is 3. The predicted molar refractivity (Wildman–Crippen MR) is 133 cm³/mol. The number of benzene rings is 3. The van der Waals surface area contributed by atoms with Gasteiger partial charge in [-0.2, -0.15) is 0 Å². The van der Waals surface area contributed by atoms with E-state index in [9.17, 15) is 13.2 Å². The number of methoxy groups -OCH3 is 2. The molecule has 35 heavy (non-hydrogen) atoms. The van der Waals surface area contributed by atoms with Crippen molar-refractivity contribution in [2.45, 2.75) is 30.9 Å². The van der Waals surface area contributed by atoms with Gasteiger partial charge < -0.3 is 19.5 Å². The van der Waals surface area contributed by atoms with Crippen molar-refractivity contribution in [3.63, 3.8) is 0 Å². The molecular weight excluding hydrogens is 468 g/mol. The summed E-state index contributed by atoms with van der Waals surface area (Å²) >= 11 is 0. The van der Waals surface area contributed by atoms with Crippen LogP contribution < -0.4 is 23.8 Å². The second-order valence-corrected chi connectivity index (χ2v) is 10.1. The van der Waals surface area contributed by atoms with E-state index in [1.165, 1.54) is 23.5 Å². The molecule has 0 fully saturated rings. The molecule has 2 unspecified atom stereocenters. The van der Waals surface area contributed by atoms with E-state index in [1.54, 1.807) is 31.4 Å². The smallest absolute Gasteiger partial charge is 0.264 e. The molecule has 3 aromatic carbocycles. The van der Waals surface area contributed by atoms with Gasteiger partial charge in [-0.05, 0) is 61.9 Å². The van der Waals surface area contributed by atoms with E-state index in [1.807, 2.05) is 44.2 Å². The van der Waals surface area contributed by atoms with Crippen molar-refractivity contribution in [2.75, 3.05) is 25.1 Å². The number of rotatable bonds is 7. The lowest BCUT2D eigenvalue weighted by Crippen LogP contribution is -2.51. The number of hydrogen-bond donors (Lipinski definition) is 1. The minimum absolute atomic E-state index is 0.0910. The molecule has 9 heteroatoms. The van der Waals surface area contributed by atoms with E-state index in [2.05, 4.69) is 5.32 Å². The highest BCUT2D eigenvalue weighted by Crippen LogP contribution is 2.38. The number of para-hydroxylation sites is 1. The highest BCUT2D eigenvalue weighted by molar-refractivity contribution is 7.92. The predicted octanol–water partition coefficient (Wildman–Crippen LogP) is 3.85. The van der Waals surface area contributed by atoms with Crippen LogP contribution in [0.4, 0.5) is 5.69 Å². The van der Waals surface area contributed by atoms with E-state index in [0.29, 0.717) is 22.9 Å². The van der Waals surface area contributed by atoms with E-state index < -0.39 is 22.0 Å². The number of aryl methyl sites for hydroxylation is 1. The Morgan fingerprint density at radius 3 is 2.46 bits per heavy atom. The summed E-state index contributed by atoms with van der Waals surface area (Å²) in [7, 11) is -0.892. The third-order valence-electron chi connectivity index (χ3n) is 5.89. The number of sulfonamides is 1. The maximum absolute atomic E-state index is 13.6. The first kappa shape index (κ1) is 24.4. The Kier molecular flexibility index (Phi) is 6.88. The van der Waals surface area contributed by atoms with Crippen molar-refractivity contribution in [1.82, 2.24) is 5.32 Å². The van der Waals surface area contributed by atoms with Crippen LogP contribution in [-0.2, 0) is 14.8 Å². The SMILES string of the molecule is COc1ccc(S(=O)(=O)N2CC(C(=O)NC(C)c3ccccc3OC)Oc3cc(C)ccc32)cc1. The summed E-state index contributed by atoms with van der Waals surface area (Å²) in [6, 6.07) is 18.4. The largest absolute Gasteiger partial charge is 0.497 e. The van der Waals surface area contributed by atoms with E-state index in [0.717, 1.165) is 11.1 Å². The third-order valence-corrected chi connectivity index (χ3v) is 7.68. The van der Waals surface area contributed by atoms with Crippen LogP contribution in [0.1, 0.15) is 24.1 Å². The molecular formula is C26H28N2O6S. The zero-order valence-corrected chi connectivity index (χ0v) is 20.8. The average Bonchev–Trinajstić information content (AvgIpc) is 2.87. The van der Waals surface area contributed by atoms with Crippen LogP contribution in [0.15, 0.2) is 71.6 Å². The number of nitrogens with zero attached hydrogens (tertiary/aromatic N) is 1. The van der Waals surface area contributed by atoms with Crippen molar-refractivity contribution in [3.8, 4) is 17.2 Å². The van der Waals surface area contributed by atoms with Crippen molar-refractivity contribution in [2.24, 2.45) is 0 Å². The first-order valence-electron chi connectivity index (χ1n) is 11.1. The second-order valence-electron chi connectivity index (χ2n) is 8.26. The third kappa shape index (κ3) is 4.90. The number of anilines is 1. The van der Waals surface area contributed by atoms with Crippen LogP contribution in [0.3, 0.4) is 0 Å². The Labute approximate surface area is 205 Å². The molecule has 0 saturated carbocycles. The van der Waals surface area contributed by atoms with Gasteiger partial charge in [-0.1, -0.05) is 24.3 Å². The number of carbonyl (C=O) groups excluding carboxylic acids is 1. The summed E-state index contributed by atoms with van der Waals surface area (Å²) in [6.45, 7) is 3.54. The maximum Gasteiger partial charge on any atom is 0.264 e. The summed E-state index contributed by atoms with van der Waals surface area (Å²) in [4.78, 5) is 13.3. The minimum Gasteiger partial charge on any atom is -0.497 e. The van der Waals surface area contributed by atoms with E-state index >= 15 is 0 Å². The summed E-state index contributed by atoms with van der Waals surface area (Å²) in [5, 5.41) is 2.93. The van der Waals surface area contributed by atoms with E-state index in [-0.39, 0.29) is 17.5 Å². The molecule has 1 aliphatic rings. The monoisotopic (exact) mass is 496 g/mol. The maximum atomic E-state index is 13.6. The Morgan fingerprint density at radius 1 is 1.06 bits per heavy atom. The zero-order chi connectivity index (χ0) is 25.2. The van der Waals surface area contributed by atoms with Gasteiger partial charge in [0.1, 0.15) is 17.2 Å². The van der Waals surface area contributed by atoms with Gasteiger partial charge in [0, 0.05) is 5.56 Å². The minimum atomic E-state index is -3.97. The lowest BCUT2D eigenvalue weighted by atomic mass is 10.1. The Morgan fingerprint density at radius 2 is 1.77 bits per heavy atom. The van der Waals surface area contributed by atoms with Gasteiger partial charge in [-0.15, -0.1) is 0 Å². The fourth-order valence-corrected chi connectivity index (χ4v) is 5.48. The van der Waals surface area contributed by atoms with Gasteiger partial charge in [0.25, 0.3) is 15.9 Å². The molecule has 4 rings (SSSR count). The molecule has 0 saturated heterocycles. The van der Waals surface area contributed by atoms with Crippen LogP contribution >= 0.6 is 0 Å². The quantitative estimate of drug-likeness (QED) is 0.534. The molecule has 184 valence electrons. The van der Waals surface area contributed by atoms with Crippen LogP contribution in [-0.4, -0.2) is 41.2 Å². The van der Waals surface area contributed by atoms with Gasteiger partial charge in [-0.3, -0.25) is 9.10 Å². The highest BCUT2D eigenvalue weighted by Gasteiger charge is 2.38. The molecule has 1 N–H and O–H groups in total. The standard InChI is InChI=1S/C26H28N2O6S/c1-17-9-14-22-24(15-17)34-25(26(29)27-18(2)21-7-5-6-8-23(21)33-4)16-28(22)35(30,31)20-12-10-19(32-3)11-13-20/h5-15,18,25H,16H2,1-4H3,(H,27,29). The Hall–Kier alpha value is -3.72. The van der Waals surface area contributed by atoms with Crippen LogP contribution in [0.25, 0.3) is 0 Å². The number of hydrogen-bond acceptors (Lipinski definition) is 6. The summed E-state index contributed by atoms with van der Waals surface area (Å²) in [6.07, 6.45) is -1.05. The van der Waals surface area contributed by atoms with Gasteiger partial charge in [0.15, 0.2) is 6.10 Å². The molecule has 2 atom stereocenters. The van der Waals surface area contributed by atoms with E-state index in [4.69, 9.17) is 14.2 Å². The van der Waals surface area contributed by atoms with Crippen molar-refractivity contribution < 1.29 is 27.4 Å². The van der Waals surface area contributed by atoms with Crippen molar-refractivity contribution in [3.05, 3.63) is 77.9 Å². The number of nitrogens with one attached hydrogen (secondary N) is 1. The molecule has 8 nitrogen and oxygen atoms in total. The van der Waals surface area contributed by atoms with Gasteiger partial charge >= 0.3 is 0 Å². The normalized spacial score (nSPS) is 16.0. The van der Waals surface area contributed by atoms with Crippen LogP contribution in [0, 0.1) is 6.92 Å². The number of carbonyl (C=O) groups is 1. The molecule has 0 bridgehead atoms. The molecule has 1 heterocycles. The first-order chi connectivity index (χ1) is 16.7. The lowest BCUT2D eigenvalue weighted by Gasteiger charge is -2.35. The summed E-state index contributed by atoms with van der Waals surface area (Å²) in [5.41, 5.74) is 2.07. The molecule has 0 spiro atoms. The molecule has 1 amide bonds. The second kappa shape index (κ2) is 9.87. The van der Waals surface area contributed by atoms with Gasteiger partial charge in [0.2, 0.25) is 0 Å². The molecule has 3 aromatic rings. The number of fused-ring (bicyclic) bond motifs is 1. The fraction of sp³-hybridized carbons (Fsp3) is 0.269. The topological polar surface area (TPSA) is 94.2 Å². The number of amides is 1. The highest BCUT2D eigenvalue weighted by atomic mass is 32.2. The van der Waals surface area contributed by atoms with Gasteiger partial charge in [-0.25, -0.2) is 8.42 Å². The molecule has 0 aliphatic carbocycles. The van der Waals surface area contributed by atoms with Crippen LogP contribution in [0.2, 0.25) is 0 Å². The van der Waals surface area contributed by atoms with Crippen molar-refractivity contribution in [1.29, 1.82) is 0 Å². The van der Waals surface area contributed by atoms with Crippen molar-refractivity contribution >= 4 is 21.6 Å². The lowest BCUT2D eigenvalue weighted by molar-refractivity contribution is -0.128. The molecule has 1 aliphatic heterocycles.